The molecule has 0 radical (unpaired) electrons. The van der Waals surface area contributed by atoms with Gasteiger partial charge in [0, 0.05) is 0 Å². The number of nitrogens with one attached hydrogen (secondary N) is 1. The minimum Gasteiger partial charge on any atom is -0.463 e. The molecule has 3 heterocycles. The zero-order valence-electron chi connectivity index (χ0n) is 9.50. The zero-order chi connectivity index (χ0) is 10.1. The molecular weight excluding hydrogens is 224 g/mol. The van der Waals surface area contributed by atoms with Gasteiger partial charge in [0.25, 0.3) is 0 Å². The van der Waals surface area contributed by atoms with E-state index in [2.05, 4.69) is 16.3 Å². The summed E-state index contributed by atoms with van der Waals surface area (Å²) in [6, 6.07) is 2.26. The van der Waals surface area contributed by atoms with Crippen LogP contribution in [0.5, 0.6) is 0 Å². The highest BCUT2D eigenvalue weighted by Crippen LogP contribution is 2.21. The maximum absolute atomic E-state index is 5.86. The zero-order valence-corrected chi connectivity index (χ0v) is 10.3. The smallest absolute Gasteiger partial charge is 0.121 e. The van der Waals surface area contributed by atoms with Crippen LogP contribution in [0.15, 0.2) is 10.5 Å². The van der Waals surface area contributed by atoms with Crippen LogP contribution >= 0.6 is 12.4 Å². The van der Waals surface area contributed by atoms with E-state index in [4.69, 9.17) is 4.42 Å². The monoisotopic (exact) mass is 242 g/mol. The second kappa shape index (κ2) is 5.21. The summed E-state index contributed by atoms with van der Waals surface area (Å²) < 4.78 is 5.86. The van der Waals surface area contributed by atoms with Crippen molar-refractivity contribution in [3.8, 4) is 0 Å². The molecule has 0 atom stereocenters. The summed E-state index contributed by atoms with van der Waals surface area (Å²) in [7, 11) is 0. The standard InChI is InChI=1S/C12H18N2O.ClH/c1-2-6-14(5-1)9-11-7-10-3-4-13-8-12(10)15-11;/h7,13H,1-6,8-9H2;1H. The summed E-state index contributed by atoms with van der Waals surface area (Å²) >= 11 is 0. The van der Waals surface area contributed by atoms with E-state index in [1.54, 1.807) is 0 Å². The van der Waals surface area contributed by atoms with Gasteiger partial charge in [0.1, 0.15) is 11.5 Å². The number of rotatable bonds is 2. The molecule has 0 aliphatic carbocycles. The fourth-order valence-corrected chi connectivity index (χ4v) is 2.55. The third-order valence-corrected chi connectivity index (χ3v) is 3.38. The van der Waals surface area contributed by atoms with E-state index in [0.29, 0.717) is 0 Å². The van der Waals surface area contributed by atoms with Crippen molar-refractivity contribution in [2.75, 3.05) is 19.6 Å². The van der Waals surface area contributed by atoms with Gasteiger partial charge in [-0.25, -0.2) is 0 Å². The molecule has 3 rings (SSSR count). The quantitative estimate of drug-likeness (QED) is 0.859. The predicted octanol–water partition coefficient (Wildman–Crippen LogP) is 1.94. The van der Waals surface area contributed by atoms with Gasteiger partial charge in [-0.05, 0) is 50.5 Å². The summed E-state index contributed by atoms with van der Waals surface area (Å²) in [5.41, 5.74) is 1.42. The van der Waals surface area contributed by atoms with Gasteiger partial charge in [0.2, 0.25) is 0 Å². The van der Waals surface area contributed by atoms with E-state index in [1.165, 1.54) is 31.5 Å². The van der Waals surface area contributed by atoms with Gasteiger partial charge < -0.3 is 9.73 Å². The van der Waals surface area contributed by atoms with Crippen LogP contribution in [0.2, 0.25) is 0 Å². The lowest BCUT2D eigenvalue weighted by molar-refractivity contribution is 0.291. The second-order valence-electron chi connectivity index (χ2n) is 4.57. The summed E-state index contributed by atoms with van der Waals surface area (Å²) in [4.78, 5) is 2.48. The highest BCUT2D eigenvalue weighted by Gasteiger charge is 2.18. The van der Waals surface area contributed by atoms with Crippen LogP contribution in [0.4, 0.5) is 0 Å². The number of nitrogens with zero attached hydrogens (tertiary/aromatic N) is 1. The molecule has 0 bridgehead atoms. The number of halogens is 1. The molecule has 1 saturated heterocycles. The molecule has 2 aliphatic heterocycles. The molecule has 4 heteroatoms. The minimum absolute atomic E-state index is 0. The highest BCUT2D eigenvalue weighted by atomic mass is 35.5. The first-order chi connectivity index (χ1) is 7.42. The molecule has 0 aromatic carbocycles. The molecule has 1 fully saturated rings. The molecule has 1 aromatic heterocycles. The van der Waals surface area contributed by atoms with Gasteiger partial charge in [0.15, 0.2) is 0 Å². The molecule has 0 saturated carbocycles. The molecule has 16 heavy (non-hydrogen) atoms. The van der Waals surface area contributed by atoms with Gasteiger partial charge in [-0.1, -0.05) is 0 Å². The van der Waals surface area contributed by atoms with Gasteiger partial charge in [-0.3, -0.25) is 4.90 Å². The maximum Gasteiger partial charge on any atom is 0.121 e. The third-order valence-electron chi connectivity index (χ3n) is 3.38. The Labute approximate surface area is 103 Å². The molecule has 1 aromatic rings. The second-order valence-corrected chi connectivity index (χ2v) is 4.57. The first-order valence-corrected chi connectivity index (χ1v) is 5.95. The normalized spacial score (nSPS) is 20.5. The van der Waals surface area contributed by atoms with E-state index in [1.807, 2.05) is 0 Å². The van der Waals surface area contributed by atoms with Gasteiger partial charge in [-0.2, -0.15) is 0 Å². The lowest BCUT2D eigenvalue weighted by atomic mass is 10.1. The first kappa shape index (κ1) is 12.0. The SMILES string of the molecule is Cl.c1c(CN2CCCC2)oc2c1CCNC2. The summed E-state index contributed by atoms with van der Waals surface area (Å²) in [5.74, 6) is 2.32. The number of hydrogen-bond acceptors (Lipinski definition) is 3. The van der Waals surface area contributed by atoms with E-state index in [-0.39, 0.29) is 12.4 Å². The van der Waals surface area contributed by atoms with Crippen molar-refractivity contribution in [2.24, 2.45) is 0 Å². The Morgan fingerprint density at radius 3 is 2.88 bits per heavy atom. The van der Waals surface area contributed by atoms with E-state index < -0.39 is 0 Å². The Morgan fingerprint density at radius 1 is 1.31 bits per heavy atom. The van der Waals surface area contributed by atoms with Crippen molar-refractivity contribution in [3.05, 3.63) is 23.2 Å². The largest absolute Gasteiger partial charge is 0.463 e. The summed E-state index contributed by atoms with van der Waals surface area (Å²) in [6.07, 6.45) is 3.82. The average Bonchev–Trinajstić information content (AvgIpc) is 2.86. The first-order valence-electron chi connectivity index (χ1n) is 5.95. The van der Waals surface area contributed by atoms with Crippen LogP contribution < -0.4 is 5.32 Å². The van der Waals surface area contributed by atoms with Crippen molar-refractivity contribution in [2.45, 2.75) is 32.4 Å². The lowest BCUT2D eigenvalue weighted by Crippen LogP contribution is -2.22. The van der Waals surface area contributed by atoms with Crippen LogP contribution in [0.1, 0.15) is 29.9 Å². The van der Waals surface area contributed by atoms with Crippen LogP contribution in [-0.4, -0.2) is 24.5 Å². The molecule has 0 spiro atoms. The number of hydrogen-bond donors (Lipinski definition) is 1. The van der Waals surface area contributed by atoms with Crippen molar-refractivity contribution < 1.29 is 4.42 Å². The summed E-state index contributed by atoms with van der Waals surface area (Å²) in [5, 5.41) is 3.34. The molecule has 1 N–H and O–H groups in total. The Balaban J connectivity index is 0.000000963. The number of furan rings is 1. The third kappa shape index (κ3) is 2.42. The molecule has 3 nitrogen and oxygen atoms in total. The minimum atomic E-state index is 0. The Bertz CT molecular complexity index is 321. The maximum atomic E-state index is 5.86. The van der Waals surface area contributed by atoms with Crippen molar-refractivity contribution in [3.63, 3.8) is 0 Å². The molecule has 0 amide bonds. The van der Waals surface area contributed by atoms with Crippen LogP contribution in [0.25, 0.3) is 0 Å². The van der Waals surface area contributed by atoms with Crippen LogP contribution in [0.3, 0.4) is 0 Å². The summed E-state index contributed by atoms with van der Waals surface area (Å²) in [6.45, 7) is 5.49. The average molecular weight is 243 g/mol. The van der Waals surface area contributed by atoms with E-state index in [0.717, 1.165) is 37.6 Å². The Hall–Kier alpha value is -0.510. The fourth-order valence-electron chi connectivity index (χ4n) is 2.55. The van der Waals surface area contributed by atoms with E-state index in [9.17, 15) is 0 Å². The van der Waals surface area contributed by atoms with Crippen LogP contribution in [0, 0.1) is 0 Å². The van der Waals surface area contributed by atoms with E-state index >= 15 is 0 Å². The van der Waals surface area contributed by atoms with Crippen molar-refractivity contribution >= 4 is 12.4 Å². The lowest BCUT2D eigenvalue weighted by Gasteiger charge is -2.11. The predicted molar refractivity (Wildman–Crippen MR) is 65.9 cm³/mol. The van der Waals surface area contributed by atoms with Crippen LogP contribution in [-0.2, 0) is 19.5 Å². The molecular formula is C12H19ClN2O. The van der Waals surface area contributed by atoms with Gasteiger partial charge >= 0.3 is 0 Å². The van der Waals surface area contributed by atoms with Crippen molar-refractivity contribution in [1.82, 2.24) is 10.2 Å². The number of fused-ring (bicyclic) bond motifs is 1. The molecule has 2 aliphatic rings. The topological polar surface area (TPSA) is 28.4 Å². The Kier molecular flexibility index (Phi) is 3.90. The molecule has 0 unspecified atom stereocenters. The number of likely N-dealkylation sites (tertiary alicyclic amines) is 1. The van der Waals surface area contributed by atoms with Gasteiger partial charge in [-0.15, -0.1) is 12.4 Å². The van der Waals surface area contributed by atoms with Gasteiger partial charge in [0.05, 0.1) is 13.1 Å². The molecule has 90 valence electrons. The van der Waals surface area contributed by atoms with Crippen molar-refractivity contribution in [1.29, 1.82) is 0 Å². The fraction of sp³-hybridized carbons (Fsp3) is 0.667. The Morgan fingerprint density at radius 2 is 2.12 bits per heavy atom. The highest BCUT2D eigenvalue weighted by molar-refractivity contribution is 5.85.